The number of hydrogen-bond acceptors (Lipinski definition) is 3. The summed E-state index contributed by atoms with van der Waals surface area (Å²) in [6, 6.07) is 9.56. The van der Waals surface area contributed by atoms with Gasteiger partial charge in [-0.25, -0.2) is 0 Å². The Balaban J connectivity index is 1.61. The van der Waals surface area contributed by atoms with Crippen LogP contribution in [0.15, 0.2) is 24.3 Å². The van der Waals surface area contributed by atoms with Gasteiger partial charge < -0.3 is 10.5 Å². The first-order valence-corrected chi connectivity index (χ1v) is 8.47. The molecule has 2 fully saturated rings. The third-order valence-electron chi connectivity index (χ3n) is 4.91. The van der Waals surface area contributed by atoms with E-state index in [9.17, 15) is 0 Å². The fourth-order valence-corrected chi connectivity index (χ4v) is 3.49. The molecule has 1 saturated heterocycles. The lowest BCUT2D eigenvalue weighted by Crippen LogP contribution is -2.41. The number of likely N-dealkylation sites (tertiary alicyclic amines) is 1. The van der Waals surface area contributed by atoms with Crippen molar-refractivity contribution in [2.24, 2.45) is 5.73 Å². The number of benzene rings is 1. The molecule has 0 aromatic heterocycles. The molecule has 0 bridgehead atoms. The molecule has 21 heavy (non-hydrogen) atoms. The third kappa shape index (κ3) is 3.65. The molecule has 1 unspecified atom stereocenters. The van der Waals surface area contributed by atoms with E-state index in [-0.39, 0.29) is 0 Å². The topological polar surface area (TPSA) is 38.5 Å². The van der Waals surface area contributed by atoms with E-state index in [0.29, 0.717) is 18.7 Å². The predicted octanol–water partition coefficient (Wildman–Crippen LogP) is 3.06. The predicted molar refractivity (Wildman–Crippen MR) is 86.4 cm³/mol. The minimum Gasteiger partial charge on any atom is -0.378 e. The minimum absolute atomic E-state index is 0.362. The maximum absolute atomic E-state index is 6.07. The van der Waals surface area contributed by atoms with Gasteiger partial charge in [-0.05, 0) is 49.7 Å². The summed E-state index contributed by atoms with van der Waals surface area (Å²) in [5, 5.41) is 0. The number of nitrogens with zero attached hydrogens (tertiary/aromatic N) is 1. The normalized spacial score (nSPS) is 22.4. The molecular weight excluding hydrogens is 260 g/mol. The van der Waals surface area contributed by atoms with Crippen LogP contribution in [0.2, 0.25) is 0 Å². The lowest BCUT2D eigenvalue weighted by molar-refractivity contribution is 0.00452. The van der Waals surface area contributed by atoms with E-state index in [1.807, 2.05) is 0 Å². The van der Waals surface area contributed by atoms with Crippen LogP contribution in [0.25, 0.3) is 0 Å². The van der Waals surface area contributed by atoms with Gasteiger partial charge in [-0.1, -0.05) is 24.3 Å². The monoisotopic (exact) mass is 288 g/mol. The second-order valence-electron chi connectivity index (χ2n) is 6.38. The zero-order valence-corrected chi connectivity index (χ0v) is 13.1. The Labute approximate surface area is 128 Å². The van der Waals surface area contributed by atoms with Crippen molar-refractivity contribution in [3.8, 4) is 0 Å². The molecule has 3 rings (SSSR count). The largest absolute Gasteiger partial charge is 0.378 e. The van der Waals surface area contributed by atoms with Gasteiger partial charge in [0, 0.05) is 32.3 Å². The standard InChI is InChI=1S/C18H28N2O/c1-2-21-17-9-11-20(12-10-17)18(13-19)16-7-5-15(6-8-16)14-3-4-14/h5-8,14,17-18H,2-4,9-13,19H2,1H3. The molecule has 1 atom stereocenters. The molecular formula is C18H28N2O. The zero-order valence-electron chi connectivity index (χ0n) is 13.1. The molecule has 1 aliphatic heterocycles. The number of nitrogens with two attached hydrogens (primary N) is 1. The Bertz CT molecular complexity index is 433. The lowest BCUT2D eigenvalue weighted by Gasteiger charge is -2.37. The highest BCUT2D eigenvalue weighted by Gasteiger charge is 2.27. The van der Waals surface area contributed by atoms with Crippen LogP contribution in [-0.4, -0.2) is 37.2 Å². The van der Waals surface area contributed by atoms with E-state index >= 15 is 0 Å². The number of rotatable bonds is 6. The molecule has 3 nitrogen and oxygen atoms in total. The lowest BCUT2D eigenvalue weighted by atomic mass is 9.98. The molecule has 2 N–H and O–H groups in total. The van der Waals surface area contributed by atoms with Gasteiger partial charge in [-0.3, -0.25) is 4.90 Å². The third-order valence-corrected chi connectivity index (χ3v) is 4.91. The molecule has 1 aromatic rings. The van der Waals surface area contributed by atoms with Gasteiger partial charge >= 0.3 is 0 Å². The molecule has 0 radical (unpaired) electrons. The van der Waals surface area contributed by atoms with Crippen LogP contribution in [0.5, 0.6) is 0 Å². The average Bonchev–Trinajstić information content (AvgIpc) is 3.36. The summed E-state index contributed by atoms with van der Waals surface area (Å²) in [7, 11) is 0. The Kier molecular flexibility index (Phi) is 4.94. The zero-order chi connectivity index (χ0) is 14.7. The molecule has 1 heterocycles. The highest BCUT2D eigenvalue weighted by atomic mass is 16.5. The quantitative estimate of drug-likeness (QED) is 0.874. The number of hydrogen-bond donors (Lipinski definition) is 1. The van der Waals surface area contributed by atoms with Crippen LogP contribution < -0.4 is 5.73 Å². The van der Waals surface area contributed by atoms with Crippen molar-refractivity contribution in [2.75, 3.05) is 26.2 Å². The maximum atomic E-state index is 6.07. The van der Waals surface area contributed by atoms with E-state index in [0.717, 1.165) is 38.5 Å². The van der Waals surface area contributed by atoms with Crippen molar-refractivity contribution in [2.45, 2.75) is 50.7 Å². The van der Waals surface area contributed by atoms with Gasteiger partial charge in [0.2, 0.25) is 0 Å². The van der Waals surface area contributed by atoms with Gasteiger partial charge in [0.1, 0.15) is 0 Å². The average molecular weight is 288 g/mol. The van der Waals surface area contributed by atoms with Crippen LogP contribution in [0.1, 0.15) is 55.7 Å². The van der Waals surface area contributed by atoms with Crippen molar-refractivity contribution in [1.82, 2.24) is 4.90 Å². The van der Waals surface area contributed by atoms with Crippen LogP contribution in [-0.2, 0) is 4.74 Å². The summed E-state index contributed by atoms with van der Waals surface area (Å²) in [5.74, 6) is 0.831. The molecule has 3 heteroatoms. The number of ether oxygens (including phenoxy) is 1. The minimum atomic E-state index is 0.362. The van der Waals surface area contributed by atoms with Gasteiger partial charge in [0.15, 0.2) is 0 Å². The maximum Gasteiger partial charge on any atom is 0.0599 e. The molecule has 1 aromatic carbocycles. The first kappa shape index (κ1) is 15.0. The van der Waals surface area contributed by atoms with Gasteiger partial charge in [0.05, 0.1) is 6.10 Å². The van der Waals surface area contributed by atoms with E-state index in [4.69, 9.17) is 10.5 Å². The summed E-state index contributed by atoms with van der Waals surface area (Å²) in [4.78, 5) is 2.53. The van der Waals surface area contributed by atoms with Crippen LogP contribution >= 0.6 is 0 Å². The summed E-state index contributed by atoms with van der Waals surface area (Å²) in [6.45, 7) is 5.79. The van der Waals surface area contributed by atoms with Crippen LogP contribution in [0.3, 0.4) is 0 Å². The SMILES string of the molecule is CCOC1CCN(C(CN)c2ccc(C3CC3)cc2)CC1. The number of piperidine rings is 1. The second kappa shape index (κ2) is 6.91. The fourth-order valence-electron chi connectivity index (χ4n) is 3.49. The molecule has 0 amide bonds. The highest BCUT2D eigenvalue weighted by molar-refractivity contribution is 5.30. The Hall–Kier alpha value is -0.900. The molecule has 1 aliphatic carbocycles. The summed E-state index contributed by atoms with van der Waals surface area (Å²) < 4.78 is 5.74. The smallest absolute Gasteiger partial charge is 0.0599 e. The fraction of sp³-hybridized carbons (Fsp3) is 0.667. The van der Waals surface area contributed by atoms with Crippen molar-refractivity contribution in [3.05, 3.63) is 35.4 Å². The first-order valence-electron chi connectivity index (χ1n) is 8.47. The van der Waals surface area contributed by atoms with Crippen LogP contribution in [0.4, 0.5) is 0 Å². The van der Waals surface area contributed by atoms with Crippen molar-refractivity contribution >= 4 is 0 Å². The van der Waals surface area contributed by atoms with Crippen molar-refractivity contribution in [3.63, 3.8) is 0 Å². The Morgan fingerprint density at radius 3 is 2.33 bits per heavy atom. The van der Waals surface area contributed by atoms with Crippen LogP contribution in [0, 0.1) is 0 Å². The summed E-state index contributed by atoms with van der Waals surface area (Å²) >= 11 is 0. The van der Waals surface area contributed by atoms with Gasteiger partial charge in [-0.15, -0.1) is 0 Å². The Morgan fingerprint density at radius 1 is 1.14 bits per heavy atom. The second-order valence-corrected chi connectivity index (χ2v) is 6.38. The Morgan fingerprint density at radius 2 is 1.81 bits per heavy atom. The molecule has 1 saturated carbocycles. The summed E-state index contributed by atoms with van der Waals surface area (Å²) in [5.41, 5.74) is 8.94. The van der Waals surface area contributed by atoms with E-state index < -0.39 is 0 Å². The van der Waals surface area contributed by atoms with Gasteiger partial charge in [-0.2, -0.15) is 0 Å². The summed E-state index contributed by atoms with van der Waals surface area (Å²) in [6.07, 6.45) is 5.44. The molecule has 0 spiro atoms. The van der Waals surface area contributed by atoms with E-state index in [2.05, 4.69) is 36.1 Å². The van der Waals surface area contributed by atoms with Gasteiger partial charge in [0.25, 0.3) is 0 Å². The molecule has 116 valence electrons. The van der Waals surface area contributed by atoms with Crippen molar-refractivity contribution < 1.29 is 4.74 Å². The molecule has 2 aliphatic rings. The van der Waals surface area contributed by atoms with Crippen molar-refractivity contribution in [1.29, 1.82) is 0 Å². The van der Waals surface area contributed by atoms with E-state index in [1.165, 1.54) is 24.0 Å². The first-order chi connectivity index (χ1) is 10.3. The highest BCUT2D eigenvalue weighted by Crippen LogP contribution is 2.40. The van der Waals surface area contributed by atoms with E-state index in [1.54, 1.807) is 0 Å².